The molecule has 0 amide bonds. The maximum absolute atomic E-state index is 2.64. The molecule has 0 heteroatoms. The Morgan fingerprint density at radius 2 is 1.36 bits per heavy atom. The van der Waals surface area contributed by atoms with Crippen LogP contribution in [0.1, 0.15) is 57.8 Å². The Kier molecular flexibility index (Phi) is 2.20. The molecule has 2 rings (SSSR count). The van der Waals surface area contributed by atoms with Crippen molar-refractivity contribution >= 4 is 0 Å². The molecule has 2 aliphatic carbocycles. The van der Waals surface area contributed by atoms with Gasteiger partial charge in [-0.15, -0.1) is 0 Å². The van der Waals surface area contributed by atoms with E-state index >= 15 is 0 Å². The van der Waals surface area contributed by atoms with Gasteiger partial charge in [0.2, 0.25) is 0 Å². The Labute approximate surface area is 70.4 Å². The van der Waals surface area contributed by atoms with Crippen molar-refractivity contribution in [2.45, 2.75) is 57.8 Å². The van der Waals surface area contributed by atoms with Crippen molar-refractivity contribution in [1.29, 1.82) is 0 Å². The summed E-state index contributed by atoms with van der Waals surface area (Å²) in [6, 6.07) is 0. The maximum atomic E-state index is 2.64. The first kappa shape index (κ1) is 7.64. The Bertz CT molecular complexity index is 110. The van der Waals surface area contributed by atoms with Crippen LogP contribution in [0, 0.1) is 11.8 Å². The van der Waals surface area contributed by atoms with Gasteiger partial charge in [-0.1, -0.05) is 32.1 Å². The van der Waals surface area contributed by atoms with Crippen molar-refractivity contribution in [2.24, 2.45) is 5.41 Å². The zero-order valence-corrected chi connectivity index (χ0v) is 7.44. The first-order valence-corrected chi connectivity index (χ1v) is 5.26. The van der Waals surface area contributed by atoms with Crippen molar-refractivity contribution in [3.8, 4) is 0 Å². The third-order valence-electron chi connectivity index (χ3n) is 3.56. The summed E-state index contributed by atoms with van der Waals surface area (Å²) in [6.45, 7) is 0. The average Bonchev–Trinajstić information content (AvgIpc) is 2.32. The smallest absolute Gasteiger partial charge is 0.0266 e. The summed E-state index contributed by atoms with van der Waals surface area (Å²) >= 11 is 0. The maximum Gasteiger partial charge on any atom is -0.0266 e. The van der Waals surface area contributed by atoms with E-state index in [1.807, 2.05) is 0 Å². The van der Waals surface area contributed by atoms with Crippen molar-refractivity contribution in [1.82, 2.24) is 0 Å². The predicted octanol–water partition coefficient (Wildman–Crippen LogP) is 3.72. The standard InChI is InChI=1S/C11H19/c1-2-4-8-11(7-3-1)9-5-6-10-11/h9H,1-8,10H2. The highest BCUT2D eigenvalue weighted by Crippen LogP contribution is 2.47. The molecule has 2 saturated carbocycles. The normalized spacial score (nSPS) is 30.5. The third-order valence-corrected chi connectivity index (χ3v) is 3.56. The van der Waals surface area contributed by atoms with E-state index in [1.165, 1.54) is 57.8 Å². The fourth-order valence-corrected chi connectivity index (χ4v) is 2.85. The van der Waals surface area contributed by atoms with Crippen LogP contribution in [0.2, 0.25) is 0 Å². The summed E-state index contributed by atoms with van der Waals surface area (Å²) in [4.78, 5) is 0. The van der Waals surface area contributed by atoms with Gasteiger partial charge in [-0.3, -0.25) is 0 Å². The minimum atomic E-state index is 0.733. The van der Waals surface area contributed by atoms with E-state index in [-0.39, 0.29) is 0 Å². The van der Waals surface area contributed by atoms with E-state index in [2.05, 4.69) is 6.42 Å². The van der Waals surface area contributed by atoms with E-state index in [4.69, 9.17) is 0 Å². The van der Waals surface area contributed by atoms with E-state index < -0.39 is 0 Å². The van der Waals surface area contributed by atoms with Crippen LogP contribution in [-0.4, -0.2) is 0 Å². The molecule has 0 aromatic heterocycles. The van der Waals surface area contributed by atoms with Crippen LogP contribution >= 0.6 is 0 Å². The van der Waals surface area contributed by atoms with Crippen molar-refractivity contribution < 1.29 is 0 Å². The molecule has 0 unspecified atom stereocenters. The van der Waals surface area contributed by atoms with Gasteiger partial charge in [0.05, 0.1) is 0 Å². The molecule has 0 bridgehead atoms. The molecule has 0 aromatic carbocycles. The molecule has 1 spiro atoms. The number of rotatable bonds is 0. The first-order valence-electron chi connectivity index (χ1n) is 5.26. The largest absolute Gasteiger partial charge is 0.0533 e. The second-order valence-electron chi connectivity index (χ2n) is 4.37. The Balaban J connectivity index is 1.97. The molecule has 0 atom stereocenters. The van der Waals surface area contributed by atoms with Crippen LogP contribution in [0.3, 0.4) is 0 Å². The van der Waals surface area contributed by atoms with Crippen molar-refractivity contribution in [3.05, 3.63) is 6.42 Å². The Morgan fingerprint density at radius 1 is 0.727 bits per heavy atom. The fraction of sp³-hybridized carbons (Fsp3) is 0.909. The molecule has 2 aliphatic rings. The van der Waals surface area contributed by atoms with Gasteiger partial charge in [0.1, 0.15) is 0 Å². The monoisotopic (exact) mass is 151 g/mol. The second-order valence-corrected chi connectivity index (χ2v) is 4.37. The minimum absolute atomic E-state index is 0.733. The first-order chi connectivity index (χ1) is 5.41. The SMILES string of the molecule is [CH]1CCCC12CCCCCC2. The van der Waals surface area contributed by atoms with E-state index in [0.29, 0.717) is 0 Å². The van der Waals surface area contributed by atoms with Crippen LogP contribution in [-0.2, 0) is 0 Å². The van der Waals surface area contributed by atoms with Crippen LogP contribution < -0.4 is 0 Å². The third kappa shape index (κ3) is 1.60. The minimum Gasteiger partial charge on any atom is -0.0533 e. The van der Waals surface area contributed by atoms with E-state index in [9.17, 15) is 0 Å². The van der Waals surface area contributed by atoms with Crippen molar-refractivity contribution in [2.75, 3.05) is 0 Å². The zero-order chi connectivity index (χ0) is 7.57. The van der Waals surface area contributed by atoms with Gasteiger partial charge in [-0.05, 0) is 37.5 Å². The van der Waals surface area contributed by atoms with Gasteiger partial charge in [-0.2, -0.15) is 0 Å². The average molecular weight is 151 g/mol. The Hall–Kier alpha value is 0. The molecular formula is C11H19. The lowest BCUT2D eigenvalue weighted by Gasteiger charge is -2.26. The molecule has 63 valence electrons. The van der Waals surface area contributed by atoms with Gasteiger partial charge in [0.15, 0.2) is 0 Å². The molecule has 11 heavy (non-hydrogen) atoms. The molecule has 0 aromatic rings. The summed E-state index contributed by atoms with van der Waals surface area (Å²) in [7, 11) is 0. The number of hydrogen-bond donors (Lipinski definition) is 0. The topological polar surface area (TPSA) is 0 Å². The summed E-state index contributed by atoms with van der Waals surface area (Å²) in [5, 5.41) is 0. The second kappa shape index (κ2) is 3.16. The molecule has 0 aliphatic heterocycles. The highest BCUT2D eigenvalue weighted by atomic mass is 14.4. The van der Waals surface area contributed by atoms with Crippen LogP contribution in [0.15, 0.2) is 0 Å². The molecule has 0 heterocycles. The lowest BCUT2D eigenvalue weighted by molar-refractivity contribution is 0.310. The molecule has 2 fully saturated rings. The van der Waals surface area contributed by atoms with Gasteiger partial charge < -0.3 is 0 Å². The molecule has 0 N–H and O–H groups in total. The van der Waals surface area contributed by atoms with Crippen molar-refractivity contribution in [3.63, 3.8) is 0 Å². The molecular weight excluding hydrogens is 132 g/mol. The van der Waals surface area contributed by atoms with Gasteiger partial charge >= 0.3 is 0 Å². The van der Waals surface area contributed by atoms with Crippen LogP contribution in [0.4, 0.5) is 0 Å². The highest BCUT2D eigenvalue weighted by Gasteiger charge is 2.33. The van der Waals surface area contributed by atoms with E-state index in [0.717, 1.165) is 5.41 Å². The predicted molar refractivity (Wildman–Crippen MR) is 48.3 cm³/mol. The lowest BCUT2D eigenvalue weighted by atomic mass is 9.79. The summed E-state index contributed by atoms with van der Waals surface area (Å²) in [6.07, 6.45) is 16.0. The van der Waals surface area contributed by atoms with Crippen LogP contribution in [0.5, 0.6) is 0 Å². The highest BCUT2D eigenvalue weighted by molar-refractivity contribution is 4.98. The van der Waals surface area contributed by atoms with Gasteiger partial charge in [-0.25, -0.2) is 0 Å². The Morgan fingerprint density at radius 3 is 1.91 bits per heavy atom. The lowest BCUT2D eigenvalue weighted by Crippen LogP contribution is -2.14. The summed E-state index contributed by atoms with van der Waals surface area (Å²) in [5.41, 5.74) is 0.733. The number of hydrogen-bond acceptors (Lipinski definition) is 0. The molecule has 0 saturated heterocycles. The van der Waals surface area contributed by atoms with E-state index in [1.54, 1.807) is 0 Å². The zero-order valence-electron chi connectivity index (χ0n) is 7.44. The molecule has 1 radical (unpaired) electrons. The fourth-order valence-electron chi connectivity index (χ4n) is 2.85. The van der Waals surface area contributed by atoms with Crippen LogP contribution in [0.25, 0.3) is 0 Å². The van der Waals surface area contributed by atoms with Gasteiger partial charge in [0.25, 0.3) is 0 Å². The quantitative estimate of drug-likeness (QED) is 0.495. The summed E-state index contributed by atoms with van der Waals surface area (Å²) in [5.74, 6) is 0. The van der Waals surface area contributed by atoms with Gasteiger partial charge in [0, 0.05) is 0 Å². The summed E-state index contributed by atoms with van der Waals surface area (Å²) < 4.78 is 0. The molecule has 0 nitrogen and oxygen atoms in total.